The third kappa shape index (κ3) is 3.92. The van der Waals surface area contributed by atoms with Crippen LogP contribution in [-0.4, -0.2) is 37.4 Å². The SMILES string of the molecule is C=CC(=O)OCCC1(CC)OCC1COC(=O)C=C. The quantitative estimate of drug-likeness (QED) is 0.494. The minimum Gasteiger partial charge on any atom is -0.462 e. The smallest absolute Gasteiger partial charge is 0.330 e. The van der Waals surface area contributed by atoms with Crippen molar-refractivity contribution >= 4 is 11.9 Å². The van der Waals surface area contributed by atoms with E-state index in [1.165, 1.54) is 0 Å². The Kier molecular flexibility index (Phi) is 5.76. The molecule has 0 aromatic heterocycles. The molecule has 2 unspecified atom stereocenters. The highest BCUT2D eigenvalue weighted by Crippen LogP contribution is 2.39. The van der Waals surface area contributed by atoms with E-state index in [0.717, 1.165) is 18.6 Å². The molecule has 1 aliphatic rings. The van der Waals surface area contributed by atoms with E-state index in [4.69, 9.17) is 14.2 Å². The lowest BCUT2D eigenvalue weighted by molar-refractivity contribution is -0.227. The summed E-state index contributed by atoms with van der Waals surface area (Å²) in [4.78, 5) is 22.0. The van der Waals surface area contributed by atoms with Crippen molar-refractivity contribution in [2.24, 2.45) is 5.92 Å². The number of rotatable bonds is 8. The normalized spacial score (nSPS) is 25.0. The van der Waals surface area contributed by atoms with Crippen molar-refractivity contribution in [3.8, 4) is 0 Å². The molecule has 0 aromatic carbocycles. The van der Waals surface area contributed by atoms with E-state index in [-0.39, 0.29) is 18.1 Å². The maximum atomic E-state index is 11.0. The van der Waals surface area contributed by atoms with Crippen LogP contribution in [-0.2, 0) is 23.8 Å². The Labute approximate surface area is 113 Å². The van der Waals surface area contributed by atoms with Crippen LogP contribution < -0.4 is 0 Å². The summed E-state index contributed by atoms with van der Waals surface area (Å²) in [6.45, 7) is 9.79. The number of hydrogen-bond donors (Lipinski definition) is 0. The highest BCUT2D eigenvalue weighted by Gasteiger charge is 2.47. The van der Waals surface area contributed by atoms with Crippen LogP contribution >= 0.6 is 0 Å². The summed E-state index contributed by atoms with van der Waals surface area (Å²) in [7, 11) is 0. The second-order valence-corrected chi connectivity index (χ2v) is 4.38. The lowest BCUT2D eigenvalue weighted by Crippen LogP contribution is -2.55. The van der Waals surface area contributed by atoms with Gasteiger partial charge < -0.3 is 14.2 Å². The van der Waals surface area contributed by atoms with Gasteiger partial charge in [-0.2, -0.15) is 0 Å². The molecule has 5 heteroatoms. The van der Waals surface area contributed by atoms with Gasteiger partial charge in [0.1, 0.15) is 0 Å². The van der Waals surface area contributed by atoms with Crippen LogP contribution in [0.3, 0.4) is 0 Å². The highest BCUT2D eigenvalue weighted by molar-refractivity contribution is 5.81. The molecule has 0 N–H and O–H groups in total. The van der Waals surface area contributed by atoms with Crippen molar-refractivity contribution in [3.05, 3.63) is 25.3 Å². The summed E-state index contributed by atoms with van der Waals surface area (Å²) in [5, 5.41) is 0. The number of ether oxygens (including phenoxy) is 3. The van der Waals surface area contributed by atoms with Crippen molar-refractivity contribution in [2.75, 3.05) is 19.8 Å². The Hall–Kier alpha value is -1.62. The van der Waals surface area contributed by atoms with Crippen LogP contribution in [0.4, 0.5) is 0 Å². The van der Waals surface area contributed by atoms with Crippen molar-refractivity contribution in [1.29, 1.82) is 0 Å². The Morgan fingerprint density at radius 3 is 2.42 bits per heavy atom. The van der Waals surface area contributed by atoms with Crippen molar-refractivity contribution in [3.63, 3.8) is 0 Å². The van der Waals surface area contributed by atoms with Crippen LogP contribution in [0.25, 0.3) is 0 Å². The van der Waals surface area contributed by atoms with Crippen LogP contribution in [0.5, 0.6) is 0 Å². The predicted octanol–water partition coefficient (Wildman–Crippen LogP) is 1.63. The first kappa shape index (κ1) is 15.4. The second kappa shape index (κ2) is 7.09. The molecule has 1 aliphatic heterocycles. The van der Waals surface area contributed by atoms with Gasteiger partial charge in [-0.1, -0.05) is 20.1 Å². The number of carbonyl (C=O) groups is 2. The van der Waals surface area contributed by atoms with Gasteiger partial charge in [0.15, 0.2) is 0 Å². The van der Waals surface area contributed by atoms with E-state index in [9.17, 15) is 9.59 Å². The van der Waals surface area contributed by atoms with E-state index in [0.29, 0.717) is 19.6 Å². The Morgan fingerprint density at radius 1 is 1.32 bits per heavy atom. The van der Waals surface area contributed by atoms with E-state index in [2.05, 4.69) is 13.2 Å². The molecule has 0 saturated carbocycles. The molecule has 5 nitrogen and oxygen atoms in total. The number of hydrogen-bond acceptors (Lipinski definition) is 5. The first-order valence-electron chi connectivity index (χ1n) is 6.30. The van der Waals surface area contributed by atoms with Crippen molar-refractivity contribution in [1.82, 2.24) is 0 Å². The van der Waals surface area contributed by atoms with Gasteiger partial charge in [-0.3, -0.25) is 0 Å². The molecule has 1 saturated heterocycles. The number of carbonyl (C=O) groups excluding carboxylic acids is 2. The molecule has 0 spiro atoms. The first-order valence-corrected chi connectivity index (χ1v) is 6.30. The van der Waals surface area contributed by atoms with E-state index in [1.807, 2.05) is 6.92 Å². The molecule has 0 aromatic rings. The van der Waals surface area contributed by atoms with Crippen molar-refractivity contribution < 1.29 is 23.8 Å². The zero-order valence-electron chi connectivity index (χ0n) is 11.2. The van der Waals surface area contributed by atoms with E-state index >= 15 is 0 Å². The third-order valence-electron chi connectivity index (χ3n) is 3.44. The van der Waals surface area contributed by atoms with Gasteiger partial charge in [0.25, 0.3) is 0 Å². The topological polar surface area (TPSA) is 61.8 Å². The van der Waals surface area contributed by atoms with Gasteiger partial charge in [-0.25, -0.2) is 9.59 Å². The molecule has 0 aliphatic carbocycles. The molecule has 0 radical (unpaired) electrons. The maximum Gasteiger partial charge on any atom is 0.330 e. The zero-order chi connectivity index (χ0) is 14.3. The molecule has 0 amide bonds. The monoisotopic (exact) mass is 268 g/mol. The van der Waals surface area contributed by atoms with Crippen LogP contribution in [0, 0.1) is 5.92 Å². The van der Waals surface area contributed by atoms with E-state index in [1.54, 1.807) is 0 Å². The Balaban J connectivity index is 2.41. The molecule has 19 heavy (non-hydrogen) atoms. The average Bonchev–Trinajstić information content (AvgIpc) is 2.41. The third-order valence-corrected chi connectivity index (χ3v) is 3.44. The largest absolute Gasteiger partial charge is 0.462 e. The first-order chi connectivity index (χ1) is 9.07. The fraction of sp³-hybridized carbons (Fsp3) is 0.571. The Morgan fingerprint density at radius 2 is 1.95 bits per heavy atom. The fourth-order valence-corrected chi connectivity index (χ4v) is 2.11. The average molecular weight is 268 g/mol. The van der Waals surface area contributed by atoms with Gasteiger partial charge in [0, 0.05) is 24.5 Å². The van der Waals surface area contributed by atoms with Gasteiger partial charge in [-0.15, -0.1) is 0 Å². The summed E-state index contributed by atoms with van der Waals surface area (Å²) in [6.07, 6.45) is 3.62. The summed E-state index contributed by atoms with van der Waals surface area (Å²) in [6, 6.07) is 0. The molecular formula is C14H20O5. The molecular weight excluding hydrogens is 248 g/mol. The molecule has 1 fully saturated rings. The van der Waals surface area contributed by atoms with E-state index < -0.39 is 11.9 Å². The van der Waals surface area contributed by atoms with Gasteiger partial charge in [0.05, 0.1) is 25.4 Å². The van der Waals surface area contributed by atoms with Gasteiger partial charge >= 0.3 is 11.9 Å². The fourth-order valence-electron chi connectivity index (χ4n) is 2.11. The van der Waals surface area contributed by atoms with Crippen LogP contribution in [0.2, 0.25) is 0 Å². The highest BCUT2D eigenvalue weighted by atomic mass is 16.6. The molecule has 0 bridgehead atoms. The molecule has 1 rings (SSSR count). The minimum atomic E-state index is -0.444. The standard InChI is InChI=1S/C14H20O5/c1-4-12(15)17-8-7-14(6-3)11(10-19-14)9-18-13(16)5-2/h4-5,11H,1-2,6-10H2,3H3. The lowest BCUT2D eigenvalue weighted by Gasteiger charge is -2.48. The summed E-state index contributed by atoms with van der Waals surface area (Å²) >= 11 is 0. The van der Waals surface area contributed by atoms with Gasteiger partial charge in [-0.05, 0) is 6.42 Å². The van der Waals surface area contributed by atoms with Crippen molar-refractivity contribution in [2.45, 2.75) is 25.4 Å². The summed E-state index contributed by atoms with van der Waals surface area (Å²) in [5.41, 5.74) is -0.372. The minimum absolute atomic E-state index is 0.129. The van der Waals surface area contributed by atoms with Crippen LogP contribution in [0.15, 0.2) is 25.3 Å². The summed E-state index contributed by atoms with van der Waals surface area (Å²) in [5.74, 6) is -0.751. The summed E-state index contributed by atoms with van der Waals surface area (Å²) < 4.78 is 15.6. The zero-order valence-corrected chi connectivity index (χ0v) is 11.2. The molecule has 2 atom stereocenters. The molecule has 106 valence electrons. The molecule has 1 heterocycles. The maximum absolute atomic E-state index is 11.0. The van der Waals surface area contributed by atoms with Gasteiger partial charge in [0.2, 0.25) is 0 Å². The van der Waals surface area contributed by atoms with Crippen LogP contribution in [0.1, 0.15) is 19.8 Å². The second-order valence-electron chi connectivity index (χ2n) is 4.38. The Bertz CT molecular complexity index is 359. The lowest BCUT2D eigenvalue weighted by atomic mass is 9.78. The number of esters is 2. The predicted molar refractivity (Wildman–Crippen MR) is 69.4 cm³/mol.